The van der Waals surface area contributed by atoms with Gasteiger partial charge in [-0.3, -0.25) is 9.89 Å². The van der Waals surface area contributed by atoms with Crippen molar-refractivity contribution in [3.05, 3.63) is 35.9 Å². The molecule has 0 amide bonds. The van der Waals surface area contributed by atoms with Crippen molar-refractivity contribution in [2.75, 3.05) is 46.8 Å². The molecule has 28 heavy (non-hydrogen) atoms. The first-order valence-electron chi connectivity index (χ1n) is 10.8. The van der Waals surface area contributed by atoms with Crippen LogP contribution in [0.25, 0.3) is 0 Å². The highest BCUT2D eigenvalue weighted by Gasteiger charge is 2.41. The average Bonchev–Trinajstić information content (AvgIpc) is 3.35. The largest absolute Gasteiger partial charge is 0.373 e. The Morgan fingerprint density at radius 1 is 1.21 bits per heavy atom. The van der Waals surface area contributed by atoms with E-state index >= 15 is 0 Å². The molecule has 3 heterocycles. The highest BCUT2D eigenvalue weighted by atomic mass is 16.5. The van der Waals surface area contributed by atoms with Crippen LogP contribution in [0.1, 0.15) is 37.3 Å². The number of hydrogen-bond donors (Lipinski definition) is 2. The van der Waals surface area contributed by atoms with Crippen LogP contribution in [0, 0.1) is 0 Å². The number of nitrogens with one attached hydrogen (secondary N) is 2. The van der Waals surface area contributed by atoms with Crippen LogP contribution in [0.5, 0.6) is 0 Å². The fourth-order valence-electron chi connectivity index (χ4n) is 4.86. The van der Waals surface area contributed by atoms with E-state index in [2.05, 4.69) is 62.8 Å². The van der Waals surface area contributed by atoms with Crippen LogP contribution in [0.2, 0.25) is 0 Å². The molecule has 4 unspecified atom stereocenters. The molecule has 3 aliphatic rings. The second kappa shape index (κ2) is 9.25. The van der Waals surface area contributed by atoms with E-state index in [4.69, 9.17) is 4.74 Å². The lowest BCUT2D eigenvalue weighted by Crippen LogP contribution is -2.49. The lowest BCUT2D eigenvalue weighted by Gasteiger charge is -2.40. The summed E-state index contributed by atoms with van der Waals surface area (Å²) in [6.45, 7) is 5.42. The first-order valence-corrected chi connectivity index (χ1v) is 10.8. The van der Waals surface area contributed by atoms with E-state index in [9.17, 15) is 0 Å². The summed E-state index contributed by atoms with van der Waals surface area (Å²) >= 11 is 0. The Labute approximate surface area is 169 Å². The minimum Gasteiger partial charge on any atom is -0.373 e. The Morgan fingerprint density at radius 3 is 2.79 bits per heavy atom. The van der Waals surface area contributed by atoms with E-state index in [0.29, 0.717) is 24.3 Å². The Kier molecular flexibility index (Phi) is 6.50. The predicted molar refractivity (Wildman–Crippen MR) is 114 cm³/mol. The monoisotopic (exact) mass is 385 g/mol. The number of fused-ring (bicyclic) bond motifs is 2. The normalized spacial score (nSPS) is 31.3. The molecule has 0 radical (unpaired) electrons. The molecule has 3 fully saturated rings. The topological polar surface area (TPSA) is 52.1 Å². The molecule has 1 aromatic rings. The zero-order chi connectivity index (χ0) is 19.3. The number of ether oxygens (including phenoxy) is 1. The van der Waals surface area contributed by atoms with E-state index in [1.807, 2.05) is 7.05 Å². The van der Waals surface area contributed by atoms with Crippen molar-refractivity contribution < 1.29 is 4.74 Å². The molecule has 3 aliphatic heterocycles. The van der Waals surface area contributed by atoms with Crippen LogP contribution in [-0.2, 0) is 4.74 Å². The van der Waals surface area contributed by atoms with Gasteiger partial charge in [-0.2, -0.15) is 0 Å². The maximum absolute atomic E-state index is 5.94. The molecule has 3 saturated heterocycles. The number of rotatable bonds is 6. The highest BCUT2D eigenvalue weighted by Crippen LogP contribution is 2.34. The van der Waals surface area contributed by atoms with Gasteiger partial charge in [0.1, 0.15) is 0 Å². The molecule has 2 N–H and O–H groups in total. The SMILES string of the molecule is CN=C(NCCCN1CCN(C)CC1c1ccccc1)NC1CC2CCC1O2. The average molecular weight is 386 g/mol. The molecular formula is C22H35N5O. The molecule has 4 atom stereocenters. The molecule has 2 bridgehead atoms. The minimum atomic E-state index is 0.375. The van der Waals surface area contributed by atoms with Gasteiger partial charge in [-0.15, -0.1) is 0 Å². The summed E-state index contributed by atoms with van der Waals surface area (Å²) in [6, 6.07) is 11.8. The maximum atomic E-state index is 5.94. The Hall–Kier alpha value is -1.63. The number of nitrogens with zero attached hydrogens (tertiary/aromatic N) is 3. The molecule has 154 valence electrons. The summed E-state index contributed by atoms with van der Waals surface area (Å²) in [5.74, 6) is 0.916. The molecular weight excluding hydrogens is 350 g/mol. The van der Waals surface area contributed by atoms with Gasteiger partial charge < -0.3 is 20.3 Å². The van der Waals surface area contributed by atoms with Crippen LogP contribution < -0.4 is 10.6 Å². The third-order valence-electron chi connectivity index (χ3n) is 6.44. The van der Waals surface area contributed by atoms with Crippen LogP contribution in [0.4, 0.5) is 0 Å². The van der Waals surface area contributed by atoms with E-state index < -0.39 is 0 Å². The van der Waals surface area contributed by atoms with E-state index in [-0.39, 0.29) is 0 Å². The zero-order valence-electron chi connectivity index (χ0n) is 17.3. The fraction of sp³-hybridized carbons (Fsp3) is 0.682. The second-order valence-corrected chi connectivity index (χ2v) is 8.44. The summed E-state index contributed by atoms with van der Waals surface area (Å²) in [5.41, 5.74) is 1.43. The number of guanidine groups is 1. The van der Waals surface area contributed by atoms with Crippen molar-refractivity contribution in [2.24, 2.45) is 4.99 Å². The van der Waals surface area contributed by atoms with Gasteiger partial charge >= 0.3 is 0 Å². The van der Waals surface area contributed by atoms with Gasteiger partial charge in [0.05, 0.1) is 18.2 Å². The summed E-state index contributed by atoms with van der Waals surface area (Å²) in [6.07, 6.45) is 5.48. The number of benzene rings is 1. The van der Waals surface area contributed by atoms with E-state index in [1.54, 1.807) is 0 Å². The fourth-order valence-corrected chi connectivity index (χ4v) is 4.86. The zero-order valence-corrected chi connectivity index (χ0v) is 17.3. The van der Waals surface area contributed by atoms with Gasteiger partial charge in [0.15, 0.2) is 5.96 Å². The smallest absolute Gasteiger partial charge is 0.191 e. The first-order chi connectivity index (χ1) is 13.7. The van der Waals surface area contributed by atoms with Crippen molar-refractivity contribution >= 4 is 5.96 Å². The Balaban J connectivity index is 1.23. The third kappa shape index (κ3) is 4.67. The quantitative estimate of drug-likeness (QED) is 0.445. The number of likely N-dealkylation sites (N-methyl/N-ethyl adjacent to an activating group) is 1. The predicted octanol–water partition coefficient (Wildman–Crippen LogP) is 1.85. The van der Waals surface area contributed by atoms with Crippen molar-refractivity contribution in [1.29, 1.82) is 0 Å². The lowest BCUT2D eigenvalue weighted by atomic mass is 9.96. The standard InChI is InChI=1S/C22H35N5O/c1-23-22(25-19-15-18-9-10-21(19)28-18)24-11-6-12-27-14-13-26(2)16-20(27)17-7-4-3-5-8-17/h3-5,7-8,18-21H,6,9-16H2,1-2H3,(H2,23,24,25). The number of hydrogen-bond acceptors (Lipinski definition) is 4. The van der Waals surface area contributed by atoms with Crippen molar-refractivity contribution in [1.82, 2.24) is 20.4 Å². The summed E-state index contributed by atoms with van der Waals surface area (Å²) < 4.78 is 5.94. The van der Waals surface area contributed by atoms with Crippen LogP contribution >= 0.6 is 0 Å². The lowest BCUT2D eigenvalue weighted by molar-refractivity contribution is 0.0891. The molecule has 0 saturated carbocycles. The van der Waals surface area contributed by atoms with Gasteiger partial charge in [0.2, 0.25) is 0 Å². The molecule has 6 nitrogen and oxygen atoms in total. The van der Waals surface area contributed by atoms with Crippen LogP contribution in [-0.4, -0.2) is 80.8 Å². The van der Waals surface area contributed by atoms with Crippen molar-refractivity contribution in [3.63, 3.8) is 0 Å². The Bertz CT molecular complexity index is 652. The summed E-state index contributed by atoms with van der Waals surface area (Å²) in [5, 5.41) is 7.07. The highest BCUT2D eigenvalue weighted by molar-refractivity contribution is 5.80. The van der Waals surface area contributed by atoms with Crippen molar-refractivity contribution in [2.45, 2.75) is 50.0 Å². The third-order valence-corrected chi connectivity index (χ3v) is 6.44. The summed E-state index contributed by atoms with van der Waals surface area (Å²) in [4.78, 5) is 9.49. The number of aliphatic imine (C=N–C) groups is 1. The molecule has 0 aliphatic carbocycles. The second-order valence-electron chi connectivity index (χ2n) is 8.44. The van der Waals surface area contributed by atoms with Gasteiger partial charge in [0, 0.05) is 45.8 Å². The van der Waals surface area contributed by atoms with Gasteiger partial charge in [-0.25, -0.2) is 0 Å². The molecule has 0 aromatic heterocycles. The molecule has 1 aromatic carbocycles. The maximum Gasteiger partial charge on any atom is 0.191 e. The van der Waals surface area contributed by atoms with Gasteiger partial charge in [-0.05, 0) is 38.3 Å². The van der Waals surface area contributed by atoms with Crippen LogP contribution in [0.15, 0.2) is 35.3 Å². The minimum absolute atomic E-state index is 0.375. The first kappa shape index (κ1) is 19.7. The van der Waals surface area contributed by atoms with Gasteiger partial charge in [0.25, 0.3) is 0 Å². The van der Waals surface area contributed by atoms with E-state index in [0.717, 1.165) is 51.5 Å². The van der Waals surface area contributed by atoms with Gasteiger partial charge in [-0.1, -0.05) is 30.3 Å². The van der Waals surface area contributed by atoms with E-state index in [1.165, 1.54) is 18.4 Å². The Morgan fingerprint density at radius 2 is 2.07 bits per heavy atom. The number of piperazine rings is 1. The summed E-state index contributed by atoms with van der Waals surface area (Å²) in [7, 11) is 4.08. The van der Waals surface area contributed by atoms with Crippen LogP contribution in [0.3, 0.4) is 0 Å². The molecule has 6 heteroatoms. The van der Waals surface area contributed by atoms with Crippen molar-refractivity contribution in [3.8, 4) is 0 Å². The molecule has 4 rings (SSSR count). The molecule has 0 spiro atoms.